The molecule has 0 spiro atoms. The Hall–Kier alpha value is -2.08. The molecular weight excluding hydrogens is 270 g/mol. The maximum Gasteiger partial charge on any atom is 0.250 e. The maximum atomic E-state index is 13.1. The van der Waals surface area contributed by atoms with Crippen LogP contribution in [0.1, 0.15) is 10.4 Å². The van der Waals surface area contributed by atoms with Gasteiger partial charge in [0.1, 0.15) is 0 Å². The molecular formula is C13H10F2N2OS. The fraction of sp³-hybridized carbons (Fsp3) is 0. The number of nitrogen functional groups attached to an aromatic ring is 1. The van der Waals surface area contributed by atoms with Crippen LogP contribution in [0.4, 0.5) is 14.5 Å². The van der Waals surface area contributed by atoms with Gasteiger partial charge in [0, 0.05) is 15.5 Å². The average Bonchev–Trinajstić information content (AvgIpc) is 2.36. The molecule has 3 nitrogen and oxygen atoms in total. The number of carbonyl (C=O) groups is 1. The fourth-order valence-corrected chi connectivity index (χ4v) is 2.37. The summed E-state index contributed by atoms with van der Waals surface area (Å²) in [6, 6.07) is 8.31. The van der Waals surface area contributed by atoms with Gasteiger partial charge in [-0.15, -0.1) is 0 Å². The molecule has 2 aromatic carbocycles. The Labute approximate surface area is 112 Å². The van der Waals surface area contributed by atoms with Gasteiger partial charge in [-0.05, 0) is 36.4 Å². The molecule has 0 saturated heterocycles. The van der Waals surface area contributed by atoms with E-state index in [1.165, 1.54) is 23.9 Å². The highest BCUT2D eigenvalue weighted by molar-refractivity contribution is 7.99. The van der Waals surface area contributed by atoms with E-state index in [1.54, 1.807) is 12.1 Å². The smallest absolute Gasteiger partial charge is 0.250 e. The van der Waals surface area contributed by atoms with Crippen molar-refractivity contribution in [1.82, 2.24) is 0 Å². The van der Waals surface area contributed by atoms with Gasteiger partial charge in [0.25, 0.3) is 5.91 Å². The third-order valence-electron chi connectivity index (χ3n) is 2.42. The van der Waals surface area contributed by atoms with Gasteiger partial charge in [0.05, 0.1) is 5.56 Å². The highest BCUT2D eigenvalue weighted by Gasteiger charge is 2.09. The summed E-state index contributed by atoms with van der Waals surface area (Å²) in [6.07, 6.45) is 0. The monoisotopic (exact) mass is 280 g/mol. The first kappa shape index (κ1) is 13.4. The van der Waals surface area contributed by atoms with E-state index in [0.29, 0.717) is 9.79 Å². The number of nitrogens with two attached hydrogens (primary N) is 2. The predicted molar refractivity (Wildman–Crippen MR) is 69.9 cm³/mol. The van der Waals surface area contributed by atoms with Crippen LogP contribution in [0.2, 0.25) is 0 Å². The highest BCUT2D eigenvalue weighted by atomic mass is 32.2. The molecule has 0 atom stereocenters. The van der Waals surface area contributed by atoms with E-state index in [-0.39, 0.29) is 11.3 Å². The summed E-state index contributed by atoms with van der Waals surface area (Å²) in [6.45, 7) is 0. The number of halogens is 2. The Morgan fingerprint density at radius 3 is 2.26 bits per heavy atom. The van der Waals surface area contributed by atoms with Crippen LogP contribution >= 0.6 is 11.8 Å². The van der Waals surface area contributed by atoms with Crippen LogP contribution in [0, 0.1) is 11.6 Å². The molecule has 0 aliphatic heterocycles. The summed E-state index contributed by atoms with van der Waals surface area (Å²) in [5.74, 6) is -2.46. The minimum absolute atomic E-state index is 0.201. The summed E-state index contributed by atoms with van der Waals surface area (Å²) in [7, 11) is 0. The number of benzene rings is 2. The number of primary amides is 1. The Morgan fingerprint density at radius 1 is 1.00 bits per heavy atom. The van der Waals surface area contributed by atoms with E-state index in [9.17, 15) is 13.6 Å². The lowest BCUT2D eigenvalue weighted by Crippen LogP contribution is -2.13. The third-order valence-corrected chi connectivity index (χ3v) is 3.40. The molecule has 19 heavy (non-hydrogen) atoms. The molecule has 0 aromatic heterocycles. The van der Waals surface area contributed by atoms with E-state index in [1.807, 2.05) is 0 Å². The van der Waals surface area contributed by atoms with E-state index in [0.717, 1.165) is 12.1 Å². The normalized spacial score (nSPS) is 10.4. The van der Waals surface area contributed by atoms with Gasteiger partial charge in [-0.2, -0.15) is 0 Å². The van der Waals surface area contributed by atoms with Gasteiger partial charge in [0.15, 0.2) is 11.6 Å². The second-order valence-electron chi connectivity index (χ2n) is 3.79. The molecule has 98 valence electrons. The molecule has 0 aliphatic rings. The van der Waals surface area contributed by atoms with E-state index in [4.69, 9.17) is 11.5 Å². The van der Waals surface area contributed by atoms with Gasteiger partial charge in [0.2, 0.25) is 0 Å². The topological polar surface area (TPSA) is 69.1 Å². The van der Waals surface area contributed by atoms with Crippen molar-refractivity contribution in [2.75, 3.05) is 5.73 Å². The predicted octanol–water partition coefficient (Wildman–Crippen LogP) is 2.80. The number of rotatable bonds is 3. The molecule has 0 fully saturated rings. The van der Waals surface area contributed by atoms with Crippen molar-refractivity contribution in [3.8, 4) is 0 Å². The lowest BCUT2D eigenvalue weighted by atomic mass is 10.2. The summed E-state index contributed by atoms with van der Waals surface area (Å²) in [4.78, 5) is 12.3. The summed E-state index contributed by atoms with van der Waals surface area (Å²) >= 11 is 1.18. The van der Waals surface area contributed by atoms with E-state index < -0.39 is 17.5 Å². The second kappa shape index (κ2) is 5.27. The fourth-order valence-electron chi connectivity index (χ4n) is 1.49. The minimum Gasteiger partial charge on any atom is -0.398 e. The first-order chi connectivity index (χ1) is 8.97. The number of anilines is 1. The van der Waals surface area contributed by atoms with Crippen LogP contribution < -0.4 is 11.5 Å². The molecule has 0 aliphatic carbocycles. The largest absolute Gasteiger partial charge is 0.398 e. The molecule has 2 aromatic rings. The van der Waals surface area contributed by atoms with Gasteiger partial charge in [-0.1, -0.05) is 11.8 Å². The first-order valence-electron chi connectivity index (χ1n) is 5.29. The van der Waals surface area contributed by atoms with Crippen LogP contribution in [0.5, 0.6) is 0 Å². The number of carbonyl (C=O) groups excluding carboxylic acids is 1. The van der Waals surface area contributed by atoms with Gasteiger partial charge >= 0.3 is 0 Å². The van der Waals surface area contributed by atoms with Crippen LogP contribution in [0.3, 0.4) is 0 Å². The van der Waals surface area contributed by atoms with Crippen LogP contribution in [0.15, 0.2) is 46.2 Å². The van der Waals surface area contributed by atoms with Gasteiger partial charge in [-0.3, -0.25) is 4.79 Å². The van der Waals surface area contributed by atoms with Crippen molar-refractivity contribution >= 4 is 23.4 Å². The van der Waals surface area contributed by atoms with Crippen molar-refractivity contribution in [1.29, 1.82) is 0 Å². The van der Waals surface area contributed by atoms with Crippen LogP contribution in [-0.4, -0.2) is 5.91 Å². The Kier molecular flexibility index (Phi) is 3.71. The number of amides is 1. The first-order valence-corrected chi connectivity index (χ1v) is 6.11. The zero-order valence-corrected chi connectivity index (χ0v) is 10.5. The molecule has 0 bridgehead atoms. The van der Waals surface area contributed by atoms with E-state index >= 15 is 0 Å². The molecule has 0 heterocycles. The molecule has 4 N–H and O–H groups in total. The quantitative estimate of drug-likeness (QED) is 0.849. The lowest BCUT2D eigenvalue weighted by molar-refractivity contribution is 0.100. The minimum atomic E-state index is -0.921. The van der Waals surface area contributed by atoms with Crippen LogP contribution in [0.25, 0.3) is 0 Å². The molecule has 1 amide bonds. The molecule has 0 saturated carbocycles. The van der Waals surface area contributed by atoms with Crippen LogP contribution in [-0.2, 0) is 0 Å². The highest BCUT2D eigenvalue weighted by Crippen LogP contribution is 2.30. The molecule has 0 unspecified atom stereocenters. The van der Waals surface area contributed by atoms with Crippen molar-refractivity contribution in [3.63, 3.8) is 0 Å². The SMILES string of the molecule is NC(=O)c1cc(Sc2ccc(F)c(F)c2)ccc1N. The Bertz CT molecular complexity index is 647. The third kappa shape index (κ3) is 3.03. The van der Waals surface area contributed by atoms with Crippen molar-refractivity contribution < 1.29 is 13.6 Å². The van der Waals surface area contributed by atoms with E-state index in [2.05, 4.69) is 0 Å². The van der Waals surface area contributed by atoms with Gasteiger partial charge in [-0.25, -0.2) is 8.78 Å². The average molecular weight is 280 g/mol. The van der Waals surface area contributed by atoms with Crippen molar-refractivity contribution in [2.45, 2.75) is 9.79 Å². The second-order valence-corrected chi connectivity index (χ2v) is 4.94. The Morgan fingerprint density at radius 2 is 1.63 bits per heavy atom. The molecule has 0 radical (unpaired) electrons. The zero-order chi connectivity index (χ0) is 14.0. The molecule has 2 rings (SSSR count). The van der Waals surface area contributed by atoms with Gasteiger partial charge < -0.3 is 11.5 Å². The lowest BCUT2D eigenvalue weighted by Gasteiger charge is -2.06. The van der Waals surface area contributed by atoms with Crippen molar-refractivity contribution in [2.24, 2.45) is 5.73 Å². The standard InChI is InChI=1S/C13H10F2N2OS/c14-10-3-1-8(6-11(10)15)19-7-2-4-12(16)9(5-7)13(17)18/h1-6H,16H2,(H2,17,18). The zero-order valence-electron chi connectivity index (χ0n) is 9.69. The number of hydrogen-bond donors (Lipinski definition) is 2. The summed E-state index contributed by atoms with van der Waals surface area (Å²) in [5.41, 5.74) is 11.3. The molecule has 6 heteroatoms. The summed E-state index contributed by atoms with van der Waals surface area (Å²) in [5, 5.41) is 0. The summed E-state index contributed by atoms with van der Waals surface area (Å²) < 4.78 is 25.9. The number of hydrogen-bond acceptors (Lipinski definition) is 3. The Balaban J connectivity index is 2.30. The van der Waals surface area contributed by atoms with Crippen molar-refractivity contribution in [3.05, 3.63) is 53.6 Å². The maximum absolute atomic E-state index is 13.1.